The van der Waals surface area contributed by atoms with Crippen LogP contribution in [0, 0.1) is 13.8 Å². The van der Waals surface area contributed by atoms with Crippen molar-refractivity contribution in [1.82, 2.24) is 4.90 Å². The van der Waals surface area contributed by atoms with Gasteiger partial charge in [0.25, 0.3) is 0 Å². The molecule has 2 aromatic rings. The highest BCUT2D eigenvalue weighted by atomic mass is 32.2. The van der Waals surface area contributed by atoms with E-state index in [1.54, 1.807) is 21.3 Å². The number of hydrogen-bond acceptors (Lipinski definition) is 8. The third kappa shape index (κ3) is 6.77. The van der Waals surface area contributed by atoms with Crippen LogP contribution in [0.5, 0.6) is 23.0 Å². The van der Waals surface area contributed by atoms with Crippen LogP contribution < -0.4 is 18.9 Å². The summed E-state index contributed by atoms with van der Waals surface area (Å²) < 4.78 is 46.5. The first-order valence-corrected chi connectivity index (χ1v) is 13.1. The highest BCUT2D eigenvalue weighted by molar-refractivity contribution is 7.91. The van der Waals surface area contributed by atoms with E-state index in [1.807, 2.05) is 43.0 Å². The predicted molar refractivity (Wildman–Crippen MR) is 131 cm³/mol. The van der Waals surface area contributed by atoms with Crippen LogP contribution in [-0.2, 0) is 16.4 Å². The van der Waals surface area contributed by atoms with Crippen LogP contribution in [0.15, 0.2) is 30.3 Å². The average molecular weight is 494 g/mol. The van der Waals surface area contributed by atoms with Crippen LogP contribution in [-0.4, -0.2) is 76.6 Å². The van der Waals surface area contributed by atoms with Gasteiger partial charge in [-0.15, -0.1) is 0 Å². The maximum atomic E-state index is 12.2. The van der Waals surface area contributed by atoms with E-state index in [9.17, 15) is 13.5 Å². The topological polar surface area (TPSA) is 94.5 Å². The number of aliphatic hydroxyl groups excluding tert-OH is 1. The molecule has 1 N–H and O–H groups in total. The van der Waals surface area contributed by atoms with Gasteiger partial charge in [0.05, 0.1) is 32.8 Å². The van der Waals surface area contributed by atoms with Gasteiger partial charge in [-0.05, 0) is 61.2 Å². The molecule has 34 heavy (non-hydrogen) atoms. The highest BCUT2D eigenvalue weighted by Crippen LogP contribution is 2.38. The van der Waals surface area contributed by atoms with Gasteiger partial charge in [-0.25, -0.2) is 8.42 Å². The molecule has 9 heteroatoms. The number of ether oxygens (including phenoxy) is 4. The second-order valence-corrected chi connectivity index (χ2v) is 11.0. The lowest BCUT2D eigenvalue weighted by atomic mass is 10.1. The van der Waals surface area contributed by atoms with Crippen molar-refractivity contribution in [3.05, 3.63) is 47.0 Å². The van der Waals surface area contributed by atoms with Crippen molar-refractivity contribution in [2.75, 3.05) is 46.0 Å². The Morgan fingerprint density at radius 2 is 1.62 bits per heavy atom. The maximum Gasteiger partial charge on any atom is 0.203 e. The van der Waals surface area contributed by atoms with Crippen molar-refractivity contribution in [2.24, 2.45) is 0 Å². The number of nitrogens with zero attached hydrogens (tertiary/aromatic N) is 1. The fraction of sp³-hybridized carbons (Fsp3) is 0.520. The lowest BCUT2D eigenvalue weighted by Crippen LogP contribution is -2.42. The van der Waals surface area contributed by atoms with Gasteiger partial charge in [-0.3, -0.25) is 4.90 Å². The quantitative estimate of drug-likeness (QED) is 0.511. The van der Waals surface area contributed by atoms with Gasteiger partial charge in [0.1, 0.15) is 18.5 Å². The molecule has 0 radical (unpaired) electrons. The summed E-state index contributed by atoms with van der Waals surface area (Å²) in [5, 5.41) is 10.8. The summed E-state index contributed by atoms with van der Waals surface area (Å²) in [5.41, 5.74) is 3.04. The SMILES string of the molecule is COc1cc(CN(CC(O)COc2cc(C)cc(C)c2)C2CCS(=O)(=O)C2)cc(OC)c1OC. The van der Waals surface area contributed by atoms with Gasteiger partial charge in [0.2, 0.25) is 5.75 Å². The zero-order valence-electron chi connectivity index (χ0n) is 20.5. The van der Waals surface area contributed by atoms with Gasteiger partial charge < -0.3 is 24.1 Å². The first-order valence-electron chi connectivity index (χ1n) is 11.3. The molecule has 0 aliphatic carbocycles. The molecule has 2 aromatic carbocycles. The molecule has 0 spiro atoms. The fourth-order valence-electron chi connectivity index (χ4n) is 4.40. The Labute approximate surface area is 202 Å². The number of rotatable bonds is 11. The summed E-state index contributed by atoms with van der Waals surface area (Å²) in [7, 11) is 1.55. The van der Waals surface area contributed by atoms with Crippen LogP contribution >= 0.6 is 0 Å². The Morgan fingerprint density at radius 3 is 2.12 bits per heavy atom. The number of sulfone groups is 1. The van der Waals surface area contributed by atoms with Crippen LogP contribution in [0.3, 0.4) is 0 Å². The Bertz CT molecular complexity index is 1040. The lowest BCUT2D eigenvalue weighted by Gasteiger charge is -2.30. The maximum absolute atomic E-state index is 12.2. The molecular weight excluding hydrogens is 458 g/mol. The summed E-state index contributed by atoms with van der Waals surface area (Å²) in [6, 6.07) is 9.41. The minimum absolute atomic E-state index is 0.0715. The van der Waals surface area contributed by atoms with Crippen molar-refractivity contribution in [1.29, 1.82) is 0 Å². The summed E-state index contributed by atoms with van der Waals surface area (Å²) in [4.78, 5) is 2.00. The third-order valence-corrected chi connectivity index (χ3v) is 7.67. The summed E-state index contributed by atoms with van der Waals surface area (Å²) >= 11 is 0. The van der Waals surface area contributed by atoms with E-state index in [1.165, 1.54) is 0 Å². The molecular formula is C25H35NO7S. The first kappa shape index (κ1) is 26.1. The van der Waals surface area contributed by atoms with Crippen molar-refractivity contribution < 1.29 is 32.5 Å². The van der Waals surface area contributed by atoms with Gasteiger partial charge in [-0.1, -0.05) is 6.07 Å². The molecule has 0 aromatic heterocycles. The molecule has 0 bridgehead atoms. The van der Waals surface area contributed by atoms with E-state index < -0.39 is 15.9 Å². The second-order valence-electron chi connectivity index (χ2n) is 8.81. The standard InChI is InChI=1S/C25H35NO7S/c1-17-8-18(2)10-22(9-17)33-15-21(27)14-26(20-6-7-34(28,29)16-20)13-19-11-23(30-3)25(32-5)24(12-19)31-4/h8-12,20-21,27H,6-7,13-16H2,1-5H3. The Kier molecular flexibility index (Phi) is 8.67. The minimum atomic E-state index is -3.09. The van der Waals surface area contributed by atoms with Crippen molar-refractivity contribution >= 4 is 9.84 Å². The Morgan fingerprint density at radius 1 is 1.00 bits per heavy atom. The van der Waals surface area contributed by atoms with E-state index in [0.29, 0.717) is 36.0 Å². The zero-order valence-corrected chi connectivity index (χ0v) is 21.4. The van der Waals surface area contributed by atoms with Crippen LogP contribution in [0.1, 0.15) is 23.1 Å². The third-order valence-electron chi connectivity index (χ3n) is 5.92. The number of aliphatic hydroxyl groups is 1. The molecule has 1 aliphatic heterocycles. The lowest BCUT2D eigenvalue weighted by molar-refractivity contribution is 0.0524. The van der Waals surface area contributed by atoms with Crippen molar-refractivity contribution in [3.63, 3.8) is 0 Å². The Balaban J connectivity index is 1.77. The predicted octanol–water partition coefficient (Wildman–Crippen LogP) is 2.76. The molecule has 1 saturated heterocycles. The van der Waals surface area contributed by atoms with Crippen molar-refractivity contribution in [2.45, 2.75) is 39.0 Å². The average Bonchev–Trinajstić information content (AvgIpc) is 3.15. The molecule has 0 amide bonds. The Hall–Kier alpha value is -2.49. The smallest absolute Gasteiger partial charge is 0.203 e. The monoisotopic (exact) mass is 493 g/mol. The zero-order chi connectivity index (χ0) is 24.9. The second kappa shape index (κ2) is 11.3. The molecule has 1 heterocycles. The summed E-state index contributed by atoms with van der Waals surface area (Å²) in [6.07, 6.45) is -0.275. The molecule has 188 valence electrons. The molecule has 2 atom stereocenters. The normalized spacial score (nSPS) is 18.0. The first-order chi connectivity index (χ1) is 16.1. The molecule has 8 nitrogen and oxygen atoms in total. The van der Waals surface area contributed by atoms with E-state index in [2.05, 4.69) is 6.07 Å². The van der Waals surface area contributed by atoms with E-state index in [0.717, 1.165) is 16.7 Å². The van der Waals surface area contributed by atoms with E-state index in [4.69, 9.17) is 18.9 Å². The molecule has 2 unspecified atom stereocenters. The minimum Gasteiger partial charge on any atom is -0.493 e. The number of hydrogen-bond donors (Lipinski definition) is 1. The van der Waals surface area contributed by atoms with Crippen molar-refractivity contribution in [3.8, 4) is 23.0 Å². The largest absolute Gasteiger partial charge is 0.493 e. The van der Waals surface area contributed by atoms with E-state index >= 15 is 0 Å². The van der Waals surface area contributed by atoms with Crippen LogP contribution in [0.25, 0.3) is 0 Å². The van der Waals surface area contributed by atoms with Crippen LogP contribution in [0.4, 0.5) is 0 Å². The highest BCUT2D eigenvalue weighted by Gasteiger charge is 2.33. The number of aryl methyl sites for hydroxylation is 2. The van der Waals surface area contributed by atoms with Gasteiger partial charge in [0.15, 0.2) is 21.3 Å². The van der Waals surface area contributed by atoms with Crippen LogP contribution in [0.2, 0.25) is 0 Å². The molecule has 1 aliphatic rings. The van der Waals surface area contributed by atoms with Gasteiger partial charge in [0, 0.05) is 19.1 Å². The summed E-state index contributed by atoms with van der Waals surface area (Å²) in [6.45, 7) is 4.78. The molecule has 0 saturated carbocycles. The molecule has 3 rings (SSSR count). The van der Waals surface area contributed by atoms with Gasteiger partial charge in [-0.2, -0.15) is 0 Å². The molecule has 1 fully saturated rings. The van der Waals surface area contributed by atoms with Gasteiger partial charge >= 0.3 is 0 Å². The number of methoxy groups -OCH3 is 3. The summed E-state index contributed by atoms with van der Waals surface area (Å²) in [5.74, 6) is 2.46. The number of benzene rings is 2. The fourth-order valence-corrected chi connectivity index (χ4v) is 6.16. The van der Waals surface area contributed by atoms with E-state index in [-0.39, 0.29) is 30.7 Å².